The molecule has 0 spiro atoms. The number of nitrogens with zero attached hydrogens (tertiary/aromatic N) is 2. The molecule has 1 aromatic heterocycles. The smallest absolute Gasteiger partial charge is 0.337 e. The molecule has 2 N–H and O–H groups in total. The molecule has 3 aromatic carbocycles. The van der Waals surface area contributed by atoms with Crippen LogP contribution in [0.1, 0.15) is 26.3 Å². The van der Waals surface area contributed by atoms with Crippen molar-refractivity contribution < 1.29 is 28.7 Å². The predicted molar refractivity (Wildman–Crippen MR) is 165 cm³/mol. The van der Waals surface area contributed by atoms with Crippen molar-refractivity contribution in [2.75, 3.05) is 31.5 Å². The molecule has 0 bridgehead atoms. The molecule has 4 aromatic rings. The van der Waals surface area contributed by atoms with Crippen molar-refractivity contribution in [1.29, 1.82) is 0 Å². The van der Waals surface area contributed by atoms with Gasteiger partial charge in [0.15, 0.2) is 0 Å². The Morgan fingerprint density at radius 2 is 1.52 bits per heavy atom. The lowest BCUT2D eigenvalue weighted by molar-refractivity contribution is -0.127. The van der Waals surface area contributed by atoms with Crippen LogP contribution in [0.25, 0.3) is 0 Å². The SMILES string of the molecule is COC(=O)c1ccc(C(=O)Nc2ccn(CC(=O)NC(Cc3ccccc3)C(=O)N(C)c3ccc(OC)cc3)c(=O)c2)cc1. The Morgan fingerprint density at radius 1 is 0.864 bits per heavy atom. The number of amides is 3. The third kappa shape index (κ3) is 7.97. The summed E-state index contributed by atoms with van der Waals surface area (Å²) in [5.41, 5.74) is 1.75. The first kappa shape index (κ1) is 31.2. The third-order valence-electron chi connectivity index (χ3n) is 6.84. The zero-order valence-corrected chi connectivity index (χ0v) is 24.5. The molecule has 0 radical (unpaired) electrons. The summed E-state index contributed by atoms with van der Waals surface area (Å²) in [4.78, 5) is 65.1. The van der Waals surface area contributed by atoms with Crippen molar-refractivity contribution in [3.63, 3.8) is 0 Å². The van der Waals surface area contributed by atoms with E-state index in [4.69, 9.17) is 4.74 Å². The van der Waals surface area contributed by atoms with Crippen LogP contribution in [0.4, 0.5) is 11.4 Å². The lowest BCUT2D eigenvalue weighted by atomic mass is 10.0. The zero-order valence-electron chi connectivity index (χ0n) is 24.5. The molecule has 226 valence electrons. The second kappa shape index (κ2) is 14.5. The summed E-state index contributed by atoms with van der Waals surface area (Å²) in [7, 11) is 4.44. The molecule has 0 aliphatic rings. The van der Waals surface area contributed by atoms with Gasteiger partial charge in [-0.1, -0.05) is 30.3 Å². The number of rotatable bonds is 11. The van der Waals surface area contributed by atoms with Crippen LogP contribution in [0, 0.1) is 0 Å². The van der Waals surface area contributed by atoms with E-state index in [0.29, 0.717) is 17.0 Å². The maximum atomic E-state index is 13.5. The monoisotopic (exact) mass is 596 g/mol. The summed E-state index contributed by atoms with van der Waals surface area (Å²) in [6, 6.07) is 23.9. The average molecular weight is 597 g/mol. The first-order chi connectivity index (χ1) is 21.2. The van der Waals surface area contributed by atoms with E-state index in [1.807, 2.05) is 30.3 Å². The molecular weight excluding hydrogens is 564 g/mol. The molecule has 11 heteroatoms. The van der Waals surface area contributed by atoms with Crippen LogP contribution in [0.15, 0.2) is 102 Å². The van der Waals surface area contributed by atoms with Crippen LogP contribution in [0.2, 0.25) is 0 Å². The molecule has 1 heterocycles. The number of esters is 1. The molecule has 0 saturated heterocycles. The number of anilines is 2. The van der Waals surface area contributed by atoms with Gasteiger partial charge in [0, 0.05) is 42.7 Å². The lowest BCUT2D eigenvalue weighted by Crippen LogP contribution is -2.50. The van der Waals surface area contributed by atoms with Gasteiger partial charge in [-0.25, -0.2) is 4.79 Å². The number of carbonyl (C=O) groups excluding carboxylic acids is 4. The number of likely N-dealkylation sites (N-methyl/N-ethyl adjacent to an activating group) is 1. The lowest BCUT2D eigenvalue weighted by Gasteiger charge is -2.25. The summed E-state index contributed by atoms with van der Waals surface area (Å²) in [6.07, 6.45) is 1.63. The number of methoxy groups -OCH3 is 2. The van der Waals surface area contributed by atoms with Crippen LogP contribution in [-0.4, -0.2) is 55.6 Å². The van der Waals surface area contributed by atoms with E-state index in [1.54, 1.807) is 38.4 Å². The van der Waals surface area contributed by atoms with Crippen molar-refractivity contribution in [2.45, 2.75) is 19.0 Å². The van der Waals surface area contributed by atoms with E-state index in [-0.39, 0.29) is 30.1 Å². The Morgan fingerprint density at radius 3 is 2.14 bits per heavy atom. The largest absolute Gasteiger partial charge is 0.497 e. The fourth-order valence-electron chi connectivity index (χ4n) is 4.41. The summed E-state index contributed by atoms with van der Waals surface area (Å²) in [5.74, 6) is -1.23. The van der Waals surface area contributed by atoms with Gasteiger partial charge < -0.3 is 29.6 Å². The Balaban J connectivity index is 1.44. The van der Waals surface area contributed by atoms with Gasteiger partial charge >= 0.3 is 5.97 Å². The fourth-order valence-corrected chi connectivity index (χ4v) is 4.41. The Kier molecular flexibility index (Phi) is 10.3. The number of carbonyl (C=O) groups is 4. The third-order valence-corrected chi connectivity index (χ3v) is 6.84. The molecule has 1 unspecified atom stereocenters. The molecule has 1 atom stereocenters. The Labute approximate surface area is 254 Å². The molecule has 4 rings (SSSR count). The fraction of sp³-hybridized carbons (Fsp3) is 0.182. The van der Waals surface area contributed by atoms with E-state index in [0.717, 1.165) is 5.56 Å². The minimum Gasteiger partial charge on any atom is -0.497 e. The maximum Gasteiger partial charge on any atom is 0.337 e. The zero-order chi connectivity index (χ0) is 31.6. The van der Waals surface area contributed by atoms with Gasteiger partial charge in [-0.3, -0.25) is 19.2 Å². The quantitative estimate of drug-likeness (QED) is 0.254. The van der Waals surface area contributed by atoms with Gasteiger partial charge in [0.25, 0.3) is 11.5 Å². The van der Waals surface area contributed by atoms with E-state index in [9.17, 15) is 24.0 Å². The standard InChI is InChI=1S/C33H32N4O7/c1-36(26-13-15-27(43-2)16-14-26)32(41)28(19-22-7-5-4-6-8-22)35-29(38)21-37-18-17-25(20-30(37)39)34-31(40)23-9-11-24(12-10-23)33(42)44-3/h4-18,20,28H,19,21H2,1-3H3,(H,34,40)(H,35,38). The molecule has 0 aliphatic heterocycles. The number of pyridine rings is 1. The van der Waals surface area contributed by atoms with Gasteiger partial charge in [-0.05, 0) is 60.2 Å². The number of nitrogens with one attached hydrogen (secondary N) is 2. The molecule has 0 aliphatic carbocycles. The Bertz CT molecular complexity index is 1680. The topological polar surface area (TPSA) is 136 Å². The second-order valence-electron chi connectivity index (χ2n) is 9.81. The van der Waals surface area contributed by atoms with Crippen molar-refractivity contribution >= 4 is 35.1 Å². The van der Waals surface area contributed by atoms with Crippen LogP contribution in [0.3, 0.4) is 0 Å². The molecule has 3 amide bonds. The van der Waals surface area contributed by atoms with Gasteiger partial charge in [-0.2, -0.15) is 0 Å². The highest BCUT2D eigenvalue weighted by Gasteiger charge is 2.25. The molecule has 44 heavy (non-hydrogen) atoms. The van der Waals surface area contributed by atoms with Crippen molar-refractivity contribution in [3.05, 3.63) is 124 Å². The van der Waals surface area contributed by atoms with Crippen LogP contribution >= 0.6 is 0 Å². The van der Waals surface area contributed by atoms with Crippen molar-refractivity contribution in [1.82, 2.24) is 9.88 Å². The molecule has 11 nitrogen and oxygen atoms in total. The number of ether oxygens (including phenoxy) is 2. The highest BCUT2D eigenvalue weighted by Crippen LogP contribution is 2.19. The normalized spacial score (nSPS) is 11.2. The van der Waals surface area contributed by atoms with Gasteiger partial charge in [0.05, 0.1) is 19.8 Å². The predicted octanol–water partition coefficient (Wildman–Crippen LogP) is 3.29. The number of benzene rings is 3. The average Bonchev–Trinajstić information content (AvgIpc) is 3.05. The van der Waals surface area contributed by atoms with Crippen molar-refractivity contribution in [2.24, 2.45) is 0 Å². The summed E-state index contributed by atoms with van der Waals surface area (Å²) < 4.78 is 11.0. The van der Waals surface area contributed by atoms with E-state index in [2.05, 4.69) is 15.4 Å². The van der Waals surface area contributed by atoms with Crippen LogP contribution in [0.5, 0.6) is 5.75 Å². The minimum atomic E-state index is -0.906. The van der Waals surface area contributed by atoms with Gasteiger partial charge in [0.2, 0.25) is 11.8 Å². The van der Waals surface area contributed by atoms with Crippen LogP contribution < -0.4 is 25.8 Å². The minimum absolute atomic E-state index is 0.229. The van der Waals surface area contributed by atoms with Gasteiger partial charge in [0.1, 0.15) is 18.3 Å². The van der Waals surface area contributed by atoms with E-state index >= 15 is 0 Å². The molecule has 0 saturated carbocycles. The highest BCUT2D eigenvalue weighted by molar-refractivity contribution is 6.04. The summed E-state index contributed by atoms with van der Waals surface area (Å²) in [5, 5.41) is 5.41. The van der Waals surface area contributed by atoms with Crippen molar-refractivity contribution in [3.8, 4) is 5.75 Å². The molecular formula is C33H32N4O7. The van der Waals surface area contributed by atoms with E-state index < -0.39 is 29.4 Å². The first-order valence-electron chi connectivity index (χ1n) is 13.6. The summed E-state index contributed by atoms with van der Waals surface area (Å²) in [6.45, 7) is -0.340. The van der Waals surface area contributed by atoms with Gasteiger partial charge in [-0.15, -0.1) is 0 Å². The summed E-state index contributed by atoms with van der Waals surface area (Å²) >= 11 is 0. The second-order valence-corrected chi connectivity index (χ2v) is 9.81. The Hall–Kier alpha value is -5.71. The van der Waals surface area contributed by atoms with Crippen LogP contribution in [-0.2, 0) is 27.3 Å². The maximum absolute atomic E-state index is 13.5. The first-order valence-corrected chi connectivity index (χ1v) is 13.6. The highest BCUT2D eigenvalue weighted by atomic mass is 16.5. The molecule has 0 fully saturated rings. The number of hydrogen-bond acceptors (Lipinski definition) is 7. The van der Waals surface area contributed by atoms with E-state index in [1.165, 1.54) is 59.2 Å². The number of hydrogen-bond donors (Lipinski definition) is 2. The number of aromatic nitrogens is 1.